The van der Waals surface area contributed by atoms with Gasteiger partial charge in [0.05, 0.1) is 11.0 Å². The van der Waals surface area contributed by atoms with Crippen molar-refractivity contribution in [3.05, 3.63) is 194 Å². The number of fused-ring (bicyclic) bond motifs is 12. The van der Waals surface area contributed by atoms with Gasteiger partial charge in [0, 0.05) is 43.7 Å². The van der Waals surface area contributed by atoms with Gasteiger partial charge in [0.15, 0.2) is 0 Å². The van der Waals surface area contributed by atoms with E-state index in [-0.39, 0.29) is 0 Å². The van der Waals surface area contributed by atoms with Crippen molar-refractivity contribution < 1.29 is 0 Å². The second kappa shape index (κ2) is 12.0. The van der Waals surface area contributed by atoms with Crippen LogP contribution in [0.3, 0.4) is 0 Å². The Kier molecular flexibility index (Phi) is 6.66. The molecule has 56 heavy (non-hydrogen) atoms. The van der Waals surface area contributed by atoms with Crippen LogP contribution >= 0.6 is 0 Å². The molecule has 2 aromatic heterocycles. The highest BCUT2D eigenvalue weighted by Crippen LogP contribution is 2.41. The third-order valence-corrected chi connectivity index (χ3v) is 11.9. The molecule has 2 nitrogen and oxygen atoms in total. The molecule has 0 spiro atoms. The molecule has 2 heterocycles. The molecular formula is C54H34N2. The SMILES string of the molecule is c1cc(-c2ccc3c4ccccc4c4ccc(-c5cccc(-c6cccc7c6[nH]c6ccccc67)c5)cc4c3c2)cc(-c2cccc3c2[nH]c2ccccc23)c1. The van der Waals surface area contributed by atoms with Crippen molar-refractivity contribution in [2.24, 2.45) is 0 Å². The van der Waals surface area contributed by atoms with Crippen molar-refractivity contribution in [2.45, 2.75) is 0 Å². The van der Waals surface area contributed by atoms with Crippen LogP contribution in [0.4, 0.5) is 0 Å². The van der Waals surface area contributed by atoms with Crippen LogP contribution < -0.4 is 0 Å². The molecule has 0 fully saturated rings. The first kappa shape index (κ1) is 31.0. The molecule has 0 atom stereocenters. The number of hydrogen-bond acceptors (Lipinski definition) is 0. The van der Waals surface area contributed by atoms with E-state index in [0.29, 0.717) is 0 Å². The van der Waals surface area contributed by atoms with Gasteiger partial charge in [-0.05, 0) is 102 Å². The van der Waals surface area contributed by atoms with E-state index < -0.39 is 0 Å². The molecule has 12 rings (SSSR count). The highest BCUT2D eigenvalue weighted by Gasteiger charge is 2.15. The number of benzene rings is 10. The van der Waals surface area contributed by atoms with Crippen LogP contribution in [0, 0.1) is 0 Å². The lowest BCUT2D eigenvalue weighted by molar-refractivity contribution is 1.53. The van der Waals surface area contributed by atoms with E-state index in [9.17, 15) is 0 Å². The molecule has 0 bridgehead atoms. The molecular weight excluding hydrogens is 677 g/mol. The van der Waals surface area contributed by atoms with Gasteiger partial charge in [-0.2, -0.15) is 0 Å². The first-order valence-corrected chi connectivity index (χ1v) is 19.3. The van der Waals surface area contributed by atoms with E-state index in [2.05, 4.69) is 204 Å². The van der Waals surface area contributed by atoms with Gasteiger partial charge in [-0.15, -0.1) is 0 Å². The Hall–Kier alpha value is -7.42. The molecule has 10 aromatic carbocycles. The summed E-state index contributed by atoms with van der Waals surface area (Å²) in [5, 5.41) is 12.6. The maximum Gasteiger partial charge on any atom is 0.0544 e. The van der Waals surface area contributed by atoms with Crippen LogP contribution in [0.2, 0.25) is 0 Å². The Morgan fingerprint density at radius 1 is 0.214 bits per heavy atom. The van der Waals surface area contributed by atoms with Crippen molar-refractivity contribution in [1.29, 1.82) is 0 Å². The predicted octanol–water partition coefficient (Wildman–Crippen LogP) is 15.1. The number of H-pyrrole nitrogens is 2. The average Bonchev–Trinajstić information content (AvgIpc) is 3.85. The molecule has 0 amide bonds. The lowest BCUT2D eigenvalue weighted by Crippen LogP contribution is -1.88. The minimum absolute atomic E-state index is 1.16. The Balaban J connectivity index is 1.01. The number of para-hydroxylation sites is 4. The van der Waals surface area contributed by atoms with Crippen LogP contribution in [0.5, 0.6) is 0 Å². The zero-order chi connectivity index (χ0) is 36.7. The van der Waals surface area contributed by atoms with Crippen LogP contribution in [0.25, 0.3) is 120 Å². The molecule has 2 heteroatoms. The van der Waals surface area contributed by atoms with E-state index in [1.54, 1.807) is 0 Å². The molecule has 0 radical (unpaired) electrons. The van der Waals surface area contributed by atoms with Gasteiger partial charge in [0.2, 0.25) is 0 Å². The zero-order valence-corrected chi connectivity index (χ0v) is 30.5. The molecule has 2 N–H and O–H groups in total. The topological polar surface area (TPSA) is 31.6 Å². The molecule has 0 aliphatic rings. The smallest absolute Gasteiger partial charge is 0.0544 e. The second-order valence-corrected chi connectivity index (χ2v) is 15.0. The summed E-state index contributed by atoms with van der Waals surface area (Å²) in [6.45, 7) is 0. The monoisotopic (exact) mass is 710 g/mol. The van der Waals surface area contributed by atoms with Gasteiger partial charge in [0.25, 0.3) is 0 Å². The van der Waals surface area contributed by atoms with Crippen LogP contribution in [-0.4, -0.2) is 9.97 Å². The fraction of sp³-hybridized carbons (Fsp3) is 0. The van der Waals surface area contributed by atoms with E-state index >= 15 is 0 Å². The molecule has 0 saturated heterocycles. The lowest BCUT2D eigenvalue weighted by Gasteiger charge is -2.14. The molecule has 0 aliphatic heterocycles. The van der Waals surface area contributed by atoms with Gasteiger partial charge in [-0.3, -0.25) is 0 Å². The summed E-state index contributed by atoms with van der Waals surface area (Å²) in [6, 6.07) is 71.3. The van der Waals surface area contributed by atoms with E-state index in [4.69, 9.17) is 0 Å². The molecule has 260 valence electrons. The maximum absolute atomic E-state index is 3.71. The zero-order valence-electron chi connectivity index (χ0n) is 30.5. The quantitative estimate of drug-likeness (QED) is 0.170. The normalized spacial score (nSPS) is 11.9. The van der Waals surface area contributed by atoms with E-state index in [1.165, 1.54) is 109 Å². The summed E-state index contributed by atoms with van der Waals surface area (Å²) in [5.74, 6) is 0. The maximum atomic E-state index is 3.71. The van der Waals surface area contributed by atoms with Gasteiger partial charge in [-0.25, -0.2) is 0 Å². The highest BCUT2D eigenvalue weighted by molar-refractivity contribution is 6.26. The first-order valence-electron chi connectivity index (χ1n) is 19.3. The van der Waals surface area contributed by atoms with Gasteiger partial charge < -0.3 is 9.97 Å². The fourth-order valence-corrected chi connectivity index (χ4v) is 9.28. The number of aromatic nitrogens is 2. The minimum Gasteiger partial charge on any atom is -0.354 e. The van der Waals surface area contributed by atoms with E-state index in [0.717, 1.165) is 11.0 Å². The Morgan fingerprint density at radius 2 is 0.571 bits per heavy atom. The Labute approximate surface area is 323 Å². The van der Waals surface area contributed by atoms with Crippen molar-refractivity contribution in [2.75, 3.05) is 0 Å². The third kappa shape index (κ3) is 4.69. The van der Waals surface area contributed by atoms with Gasteiger partial charge in [0.1, 0.15) is 0 Å². The fourth-order valence-electron chi connectivity index (χ4n) is 9.28. The summed E-state index contributed by atoms with van der Waals surface area (Å²) in [5.41, 5.74) is 14.3. The predicted molar refractivity (Wildman–Crippen MR) is 239 cm³/mol. The van der Waals surface area contributed by atoms with Crippen LogP contribution in [-0.2, 0) is 0 Å². The third-order valence-electron chi connectivity index (χ3n) is 11.9. The van der Waals surface area contributed by atoms with E-state index in [1.807, 2.05) is 0 Å². The molecule has 12 aromatic rings. The molecule has 0 unspecified atom stereocenters. The van der Waals surface area contributed by atoms with Gasteiger partial charge >= 0.3 is 0 Å². The number of nitrogens with one attached hydrogen (secondary N) is 2. The first-order chi connectivity index (χ1) is 27.7. The van der Waals surface area contributed by atoms with Crippen LogP contribution in [0.15, 0.2) is 194 Å². The molecule has 0 saturated carbocycles. The van der Waals surface area contributed by atoms with Crippen molar-refractivity contribution in [1.82, 2.24) is 9.97 Å². The average molecular weight is 711 g/mol. The second-order valence-electron chi connectivity index (χ2n) is 15.0. The van der Waals surface area contributed by atoms with Crippen LogP contribution in [0.1, 0.15) is 0 Å². The van der Waals surface area contributed by atoms with Crippen molar-refractivity contribution in [3.8, 4) is 44.5 Å². The number of hydrogen-bond donors (Lipinski definition) is 2. The highest BCUT2D eigenvalue weighted by atomic mass is 14.7. The number of rotatable bonds is 4. The summed E-state index contributed by atoms with van der Waals surface area (Å²) < 4.78 is 0. The summed E-state index contributed by atoms with van der Waals surface area (Å²) in [4.78, 5) is 7.42. The molecule has 0 aliphatic carbocycles. The Bertz CT molecular complexity index is 3310. The lowest BCUT2D eigenvalue weighted by atomic mass is 9.89. The summed E-state index contributed by atoms with van der Waals surface area (Å²) >= 11 is 0. The number of aromatic amines is 2. The summed E-state index contributed by atoms with van der Waals surface area (Å²) in [7, 11) is 0. The standard InChI is InChI=1S/C54H34N2/c1-2-16-42-41(15-1)43-27-25-35(33-11-7-13-37(29-33)39-19-9-21-47-45-17-3-5-23-51(45)55-53(39)47)31-49(43)50-32-36(26-28-44(42)50)34-12-8-14-38(30-34)40-20-10-22-48-46-18-4-6-24-52(46)56-54(40)48/h1-32,55-56H. The largest absolute Gasteiger partial charge is 0.354 e. The van der Waals surface area contributed by atoms with Crippen molar-refractivity contribution >= 4 is 75.9 Å². The minimum atomic E-state index is 1.16. The van der Waals surface area contributed by atoms with Gasteiger partial charge in [-0.1, -0.05) is 158 Å². The van der Waals surface area contributed by atoms with Crippen molar-refractivity contribution in [3.63, 3.8) is 0 Å². The Morgan fingerprint density at radius 3 is 1.05 bits per heavy atom. The summed E-state index contributed by atoms with van der Waals surface area (Å²) in [6.07, 6.45) is 0.